The van der Waals surface area contributed by atoms with Gasteiger partial charge in [-0.15, -0.1) is 0 Å². The van der Waals surface area contributed by atoms with E-state index in [1.165, 1.54) is 0 Å². The van der Waals surface area contributed by atoms with E-state index < -0.39 is 23.7 Å². The van der Waals surface area contributed by atoms with Crippen molar-refractivity contribution in [3.05, 3.63) is 16.8 Å². The number of aromatic amines is 1. The van der Waals surface area contributed by atoms with E-state index in [0.717, 1.165) is 6.07 Å². The van der Waals surface area contributed by atoms with Gasteiger partial charge in [-0.3, -0.25) is 4.79 Å². The summed E-state index contributed by atoms with van der Waals surface area (Å²) in [6.07, 6.45) is 0. The zero-order chi connectivity index (χ0) is 12.7. The molecule has 1 aromatic heterocycles. The van der Waals surface area contributed by atoms with Gasteiger partial charge in [-0.05, 0) is 6.07 Å². The summed E-state index contributed by atoms with van der Waals surface area (Å²) in [5.41, 5.74) is -0.260. The van der Waals surface area contributed by atoms with Crippen LogP contribution in [-0.2, 0) is 9.05 Å². The Morgan fingerprint density at radius 1 is 1.31 bits per heavy atom. The van der Waals surface area contributed by atoms with Crippen LogP contribution in [0.2, 0.25) is 5.02 Å². The van der Waals surface area contributed by atoms with Gasteiger partial charge in [-0.1, -0.05) is 46.4 Å². The molecule has 1 aromatic rings. The smallest absolute Gasteiger partial charge is 0.278 e. The molecule has 1 rings (SSSR count). The molecule has 0 aromatic carbocycles. The van der Waals surface area contributed by atoms with Crippen molar-refractivity contribution in [3.63, 3.8) is 0 Å². The Hall–Kier alpha value is 0.350. The Bertz CT molecular complexity index is 529. The minimum atomic E-state index is -4.09. The van der Waals surface area contributed by atoms with Gasteiger partial charge in [0.15, 0.2) is 5.03 Å². The van der Waals surface area contributed by atoms with E-state index in [0.29, 0.717) is 0 Å². The summed E-state index contributed by atoms with van der Waals surface area (Å²) in [6.45, 7) is 0. The second kappa shape index (κ2) is 4.55. The van der Waals surface area contributed by atoms with Crippen LogP contribution >= 0.6 is 57.1 Å². The number of Topliss-reactive ketones (excluding diaryl/α,β-unsaturated/α-hetero) is 1. The van der Waals surface area contributed by atoms with Crippen molar-refractivity contribution in [3.8, 4) is 0 Å². The summed E-state index contributed by atoms with van der Waals surface area (Å²) in [7, 11) is 0.954. The molecule has 0 atom stereocenters. The summed E-state index contributed by atoms with van der Waals surface area (Å²) in [4.78, 5) is 13.6. The fraction of sp³-hybridized carbons (Fsp3) is 0.167. The Labute approximate surface area is 115 Å². The Kier molecular flexibility index (Phi) is 4.10. The van der Waals surface area contributed by atoms with Gasteiger partial charge in [0.25, 0.3) is 12.8 Å². The standard InChI is InChI=1S/C6H2Cl5NO3S/c7-2-1-3(4(13)6(8,9)10)12-5(2)16(11,14)15/h1,12H. The van der Waals surface area contributed by atoms with Crippen molar-refractivity contribution < 1.29 is 13.2 Å². The third-order valence-corrected chi connectivity index (χ3v) is 3.68. The second-order valence-corrected chi connectivity index (χ2v) is 7.82. The average Bonchev–Trinajstić information content (AvgIpc) is 2.43. The highest BCUT2D eigenvalue weighted by Crippen LogP contribution is 2.33. The normalized spacial score (nSPS) is 12.8. The molecular weight excluding hydrogens is 343 g/mol. The largest absolute Gasteiger partial charge is 0.341 e. The molecule has 0 saturated heterocycles. The van der Waals surface area contributed by atoms with Crippen LogP contribution in [0.15, 0.2) is 11.1 Å². The fourth-order valence-corrected chi connectivity index (χ4v) is 2.64. The molecule has 0 aliphatic carbocycles. The minimum absolute atomic E-state index is 0.257. The molecule has 0 spiro atoms. The van der Waals surface area contributed by atoms with E-state index in [-0.39, 0.29) is 10.7 Å². The van der Waals surface area contributed by atoms with E-state index in [4.69, 9.17) is 57.1 Å². The van der Waals surface area contributed by atoms with Gasteiger partial charge in [0.2, 0.25) is 5.78 Å². The first kappa shape index (κ1) is 14.4. The van der Waals surface area contributed by atoms with Gasteiger partial charge in [-0.25, -0.2) is 8.42 Å². The zero-order valence-electron chi connectivity index (χ0n) is 7.10. The molecule has 10 heteroatoms. The maximum absolute atomic E-state index is 11.4. The van der Waals surface area contributed by atoms with Crippen molar-refractivity contribution in [2.24, 2.45) is 0 Å². The third kappa shape index (κ3) is 3.18. The molecule has 0 amide bonds. The van der Waals surface area contributed by atoms with Crippen LogP contribution in [0.1, 0.15) is 10.5 Å². The summed E-state index contributed by atoms with van der Waals surface area (Å²) in [5, 5.41) is -0.777. The van der Waals surface area contributed by atoms with E-state index in [9.17, 15) is 13.2 Å². The lowest BCUT2D eigenvalue weighted by Gasteiger charge is -2.06. The summed E-state index contributed by atoms with van der Waals surface area (Å²) < 4.78 is 19.8. The first-order valence-electron chi connectivity index (χ1n) is 3.48. The van der Waals surface area contributed by atoms with Crippen molar-refractivity contribution >= 4 is 71.9 Å². The van der Waals surface area contributed by atoms with E-state index in [1.54, 1.807) is 0 Å². The van der Waals surface area contributed by atoms with E-state index in [1.807, 2.05) is 0 Å². The highest BCUT2D eigenvalue weighted by molar-refractivity contribution is 8.13. The van der Waals surface area contributed by atoms with Crippen LogP contribution in [0.3, 0.4) is 0 Å². The number of carbonyl (C=O) groups excluding carboxylic acids is 1. The summed E-state index contributed by atoms with van der Waals surface area (Å²) in [5.74, 6) is -0.939. The molecule has 0 aliphatic heterocycles. The number of hydrogen-bond donors (Lipinski definition) is 1. The molecule has 0 radical (unpaired) electrons. The van der Waals surface area contributed by atoms with E-state index >= 15 is 0 Å². The number of rotatable bonds is 2. The number of hydrogen-bond acceptors (Lipinski definition) is 3. The predicted octanol–water partition coefficient (Wildman–Crippen LogP) is 3.15. The van der Waals surface area contributed by atoms with Gasteiger partial charge < -0.3 is 4.98 Å². The Balaban J connectivity index is 3.28. The minimum Gasteiger partial charge on any atom is -0.341 e. The van der Waals surface area contributed by atoms with Crippen LogP contribution in [0.25, 0.3) is 0 Å². The van der Waals surface area contributed by atoms with Crippen molar-refractivity contribution in [2.45, 2.75) is 8.82 Å². The molecule has 0 fully saturated rings. The quantitative estimate of drug-likeness (QED) is 0.509. The van der Waals surface area contributed by atoms with Crippen LogP contribution in [0.5, 0.6) is 0 Å². The highest BCUT2D eigenvalue weighted by Gasteiger charge is 2.34. The van der Waals surface area contributed by atoms with Gasteiger partial charge in [0.1, 0.15) is 0 Å². The number of carbonyl (C=O) groups is 1. The number of ketones is 1. The predicted molar refractivity (Wildman–Crippen MR) is 63.5 cm³/mol. The highest BCUT2D eigenvalue weighted by atomic mass is 35.7. The monoisotopic (exact) mass is 343 g/mol. The SMILES string of the molecule is O=C(c1cc(Cl)c(S(=O)(=O)Cl)[nH]1)C(Cl)(Cl)Cl. The maximum atomic E-state index is 11.4. The number of aromatic nitrogens is 1. The van der Waals surface area contributed by atoms with Crippen LogP contribution in [0.4, 0.5) is 0 Å². The lowest BCUT2D eigenvalue weighted by atomic mass is 10.3. The summed E-state index contributed by atoms with van der Waals surface area (Å²) in [6, 6.07) is 1.01. The first-order chi connectivity index (χ1) is 7.03. The van der Waals surface area contributed by atoms with Gasteiger partial charge >= 0.3 is 0 Å². The molecule has 0 bridgehead atoms. The zero-order valence-corrected chi connectivity index (χ0v) is 11.7. The summed E-state index contributed by atoms with van der Waals surface area (Å²) >= 11 is 21.5. The average molecular weight is 345 g/mol. The lowest BCUT2D eigenvalue weighted by Crippen LogP contribution is -2.19. The number of nitrogens with one attached hydrogen (secondary N) is 1. The van der Waals surface area contributed by atoms with Crippen molar-refractivity contribution in [1.29, 1.82) is 0 Å². The van der Waals surface area contributed by atoms with Gasteiger partial charge in [-0.2, -0.15) is 0 Å². The first-order valence-corrected chi connectivity index (χ1v) is 7.30. The fourth-order valence-electron chi connectivity index (χ4n) is 0.863. The third-order valence-electron chi connectivity index (χ3n) is 1.48. The molecule has 0 unspecified atom stereocenters. The molecule has 16 heavy (non-hydrogen) atoms. The van der Waals surface area contributed by atoms with Crippen molar-refractivity contribution in [2.75, 3.05) is 0 Å². The van der Waals surface area contributed by atoms with Gasteiger partial charge in [0, 0.05) is 10.7 Å². The molecule has 0 saturated carbocycles. The molecular formula is C6H2Cl5NO3S. The number of H-pyrrole nitrogens is 1. The molecule has 1 N–H and O–H groups in total. The van der Waals surface area contributed by atoms with Crippen LogP contribution in [0, 0.1) is 0 Å². The Morgan fingerprint density at radius 2 is 1.81 bits per heavy atom. The van der Waals surface area contributed by atoms with Gasteiger partial charge in [0.05, 0.1) is 10.7 Å². The maximum Gasteiger partial charge on any atom is 0.278 e. The number of alkyl halides is 3. The second-order valence-electron chi connectivity index (χ2n) is 2.62. The molecule has 0 aliphatic rings. The molecule has 4 nitrogen and oxygen atoms in total. The topological polar surface area (TPSA) is 67.0 Å². The van der Waals surface area contributed by atoms with Crippen molar-refractivity contribution in [1.82, 2.24) is 4.98 Å². The molecule has 90 valence electrons. The van der Waals surface area contributed by atoms with E-state index in [2.05, 4.69) is 4.98 Å². The molecule has 1 heterocycles. The van der Waals surface area contributed by atoms with Crippen LogP contribution in [-0.4, -0.2) is 23.0 Å². The lowest BCUT2D eigenvalue weighted by molar-refractivity contribution is 0.0992. The Morgan fingerprint density at radius 3 is 2.12 bits per heavy atom. The van der Waals surface area contributed by atoms with Crippen LogP contribution < -0.4 is 0 Å². The number of halogens is 5.